The zero-order chi connectivity index (χ0) is 21.9. The monoisotopic (exact) mass is 438 g/mol. The number of thioether (sulfide) groups is 1. The fourth-order valence-electron chi connectivity index (χ4n) is 4.01. The highest BCUT2D eigenvalue weighted by molar-refractivity contribution is 8.00. The fraction of sp³-hybridized carbons (Fsp3) is 0.111. The van der Waals surface area contributed by atoms with Crippen molar-refractivity contribution in [3.05, 3.63) is 114 Å². The number of carbonyl (C=O) groups excluding carboxylic acids is 2. The summed E-state index contributed by atoms with van der Waals surface area (Å²) in [5, 5.41) is 5.08. The molecule has 0 aliphatic carbocycles. The van der Waals surface area contributed by atoms with Gasteiger partial charge in [-0.1, -0.05) is 78.9 Å². The van der Waals surface area contributed by atoms with Gasteiger partial charge in [-0.3, -0.25) is 9.59 Å². The quantitative estimate of drug-likeness (QED) is 0.424. The average Bonchev–Trinajstić information content (AvgIpc) is 3.20. The summed E-state index contributed by atoms with van der Waals surface area (Å²) in [7, 11) is 0. The molecule has 32 heavy (non-hydrogen) atoms. The molecule has 4 nitrogen and oxygen atoms in total. The predicted molar refractivity (Wildman–Crippen MR) is 131 cm³/mol. The van der Waals surface area contributed by atoms with Crippen molar-refractivity contribution < 1.29 is 9.59 Å². The summed E-state index contributed by atoms with van der Waals surface area (Å²) in [5.41, 5.74) is 3.52. The maximum absolute atomic E-state index is 12.9. The molecule has 4 aromatic carbocycles. The molecule has 1 saturated heterocycles. The van der Waals surface area contributed by atoms with Crippen molar-refractivity contribution in [2.45, 2.75) is 11.9 Å². The molecule has 0 unspecified atom stereocenters. The van der Waals surface area contributed by atoms with Crippen LogP contribution in [0.4, 0.5) is 5.69 Å². The van der Waals surface area contributed by atoms with Gasteiger partial charge in [-0.2, -0.15) is 0 Å². The number of carbonyl (C=O) groups is 2. The molecule has 1 fully saturated rings. The van der Waals surface area contributed by atoms with Crippen LogP contribution in [0, 0.1) is 0 Å². The smallest absolute Gasteiger partial charge is 0.255 e. The minimum absolute atomic E-state index is 0.0436. The molecule has 0 aromatic heterocycles. The first-order valence-electron chi connectivity index (χ1n) is 10.5. The van der Waals surface area contributed by atoms with Crippen LogP contribution in [0.5, 0.6) is 0 Å². The van der Waals surface area contributed by atoms with Gasteiger partial charge in [-0.15, -0.1) is 11.8 Å². The SMILES string of the molecule is O=C(Nc1cccc2ccccc12)c1ccc([C@@H]2SCC(=O)N2Cc2ccccc2)cc1. The van der Waals surface area contributed by atoms with Crippen molar-refractivity contribution in [3.63, 3.8) is 0 Å². The molecule has 0 spiro atoms. The number of hydrogen-bond acceptors (Lipinski definition) is 3. The molecule has 4 aromatic rings. The molecule has 0 saturated carbocycles. The van der Waals surface area contributed by atoms with E-state index in [0.717, 1.165) is 27.6 Å². The Labute approximate surface area is 191 Å². The number of hydrogen-bond donors (Lipinski definition) is 1. The second kappa shape index (κ2) is 8.89. The largest absolute Gasteiger partial charge is 0.322 e. The molecule has 1 N–H and O–H groups in total. The Morgan fingerprint density at radius 3 is 2.41 bits per heavy atom. The second-order valence-corrected chi connectivity index (χ2v) is 8.84. The maximum Gasteiger partial charge on any atom is 0.255 e. The molecule has 5 heteroatoms. The third kappa shape index (κ3) is 4.12. The molecule has 5 rings (SSSR count). The second-order valence-electron chi connectivity index (χ2n) is 7.77. The van der Waals surface area contributed by atoms with Crippen LogP contribution in [0.3, 0.4) is 0 Å². The minimum Gasteiger partial charge on any atom is -0.322 e. The molecule has 1 aliphatic heterocycles. The molecule has 158 valence electrons. The van der Waals surface area contributed by atoms with E-state index >= 15 is 0 Å². The van der Waals surface area contributed by atoms with Crippen LogP contribution in [0.2, 0.25) is 0 Å². The van der Waals surface area contributed by atoms with Crippen LogP contribution >= 0.6 is 11.8 Å². The van der Waals surface area contributed by atoms with Gasteiger partial charge in [0.05, 0.1) is 5.75 Å². The van der Waals surface area contributed by atoms with Crippen molar-refractivity contribution in [1.82, 2.24) is 4.90 Å². The van der Waals surface area contributed by atoms with Gasteiger partial charge in [0.15, 0.2) is 0 Å². The number of rotatable bonds is 5. The zero-order valence-corrected chi connectivity index (χ0v) is 18.2. The maximum atomic E-state index is 12.9. The molecule has 1 atom stereocenters. The van der Waals surface area contributed by atoms with Crippen LogP contribution in [0.1, 0.15) is 26.9 Å². The number of nitrogens with one attached hydrogen (secondary N) is 1. The van der Waals surface area contributed by atoms with Crippen molar-refractivity contribution in [2.75, 3.05) is 11.1 Å². The molecule has 1 aliphatic rings. The lowest BCUT2D eigenvalue weighted by atomic mass is 10.1. The van der Waals surface area contributed by atoms with Crippen molar-refractivity contribution >= 4 is 40.0 Å². The van der Waals surface area contributed by atoms with Crippen molar-refractivity contribution in [2.24, 2.45) is 0 Å². The Hall–Kier alpha value is -3.57. The van der Waals surface area contributed by atoms with E-state index in [1.807, 2.05) is 102 Å². The number of anilines is 1. The summed E-state index contributed by atoms with van der Waals surface area (Å²) in [6, 6.07) is 31.5. The lowest BCUT2D eigenvalue weighted by Crippen LogP contribution is -2.27. The molecule has 2 amide bonds. The molecule has 0 bridgehead atoms. The summed E-state index contributed by atoms with van der Waals surface area (Å²) < 4.78 is 0. The average molecular weight is 439 g/mol. The first-order valence-corrected chi connectivity index (χ1v) is 11.6. The summed E-state index contributed by atoms with van der Waals surface area (Å²) in [6.45, 7) is 0.584. The third-order valence-corrected chi connectivity index (χ3v) is 6.92. The van der Waals surface area contributed by atoms with Crippen molar-refractivity contribution in [3.8, 4) is 0 Å². The molecular formula is C27H22N2O2S. The fourth-order valence-corrected chi connectivity index (χ4v) is 5.20. The summed E-state index contributed by atoms with van der Waals surface area (Å²) in [4.78, 5) is 27.3. The summed E-state index contributed by atoms with van der Waals surface area (Å²) in [5.74, 6) is 0.465. The Morgan fingerprint density at radius 1 is 0.875 bits per heavy atom. The molecule has 0 radical (unpaired) electrons. The van der Waals surface area contributed by atoms with Gasteiger partial charge in [0.1, 0.15) is 5.37 Å². The molecule has 1 heterocycles. The van der Waals surface area contributed by atoms with Crippen molar-refractivity contribution in [1.29, 1.82) is 0 Å². The third-order valence-electron chi connectivity index (χ3n) is 5.66. The Bertz CT molecular complexity index is 1270. The highest BCUT2D eigenvalue weighted by atomic mass is 32.2. The predicted octanol–water partition coefficient (Wildman–Crippen LogP) is 5.87. The van der Waals surface area contributed by atoms with E-state index < -0.39 is 0 Å². The van der Waals surface area contributed by atoms with Crippen LogP contribution in [0.25, 0.3) is 10.8 Å². The molecular weight excluding hydrogens is 416 g/mol. The van der Waals surface area contributed by atoms with Gasteiger partial charge < -0.3 is 10.2 Å². The highest BCUT2D eigenvalue weighted by Gasteiger charge is 2.32. The van der Waals surface area contributed by atoms with E-state index in [2.05, 4.69) is 5.32 Å². The first kappa shape index (κ1) is 20.3. The van der Waals surface area contributed by atoms with Gasteiger partial charge in [0, 0.05) is 23.2 Å². The van der Waals surface area contributed by atoms with Crippen LogP contribution in [-0.4, -0.2) is 22.5 Å². The van der Waals surface area contributed by atoms with Crippen LogP contribution in [-0.2, 0) is 11.3 Å². The van der Waals surface area contributed by atoms with Gasteiger partial charge in [-0.05, 0) is 34.7 Å². The van der Waals surface area contributed by atoms with E-state index in [1.54, 1.807) is 11.8 Å². The van der Waals surface area contributed by atoms with Crippen LogP contribution in [0.15, 0.2) is 97.1 Å². The highest BCUT2D eigenvalue weighted by Crippen LogP contribution is 2.39. The lowest BCUT2D eigenvalue weighted by molar-refractivity contribution is -0.128. The van der Waals surface area contributed by atoms with E-state index in [-0.39, 0.29) is 17.2 Å². The topological polar surface area (TPSA) is 49.4 Å². The number of fused-ring (bicyclic) bond motifs is 1. The van der Waals surface area contributed by atoms with Gasteiger partial charge in [0.25, 0.3) is 5.91 Å². The minimum atomic E-state index is -0.149. The van der Waals surface area contributed by atoms with Gasteiger partial charge >= 0.3 is 0 Å². The standard InChI is InChI=1S/C27H22N2O2S/c30-25-18-32-27(29(25)17-19-7-2-1-3-8-19)22-15-13-21(14-16-22)26(31)28-24-12-6-10-20-9-4-5-11-23(20)24/h1-16,27H,17-18H2,(H,28,31)/t27-/m0/s1. The van der Waals surface area contributed by atoms with E-state index in [1.165, 1.54) is 0 Å². The van der Waals surface area contributed by atoms with Crippen LogP contribution < -0.4 is 5.32 Å². The van der Waals surface area contributed by atoms with Gasteiger partial charge in [-0.25, -0.2) is 0 Å². The number of nitrogens with zero attached hydrogens (tertiary/aromatic N) is 1. The van der Waals surface area contributed by atoms with E-state index in [4.69, 9.17) is 0 Å². The van der Waals surface area contributed by atoms with Gasteiger partial charge in [0.2, 0.25) is 5.91 Å². The number of amides is 2. The Balaban J connectivity index is 1.33. The number of benzene rings is 4. The summed E-state index contributed by atoms with van der Waals surface area (Å²) in [6.07, 6.45) is 0. The Kier molecular flexibility index (Phi) is 5.65. The summed E-state index contributed by atoms with van der Waals surface area (Å²) >= 11 is 1.63. The zero-order valence-electron chi connectivity index (χ0n) is 17.4. The van der Waals surface area contributed by atoms with E-state index in [0.29, 0.717) is 17.9 Å². The first-order chi connectivity index (χ1) is 15.7. The lowest BCUT2D eigenvalue weighted by Gasteiger charge is -2.24. The Morgan fingerprint density at radius 2 is 1.59 bits per heavy atom. The van der Waals surface area contributed by atoms with E-state index in [9.17, 15) is 9.59 Å². The normalized spacial score (nSPS) is 15.8.